The van der Waals surface area contributed by atoms with Crippen LogP contribution in [0, 0.1) is 11.3 Å². The summed E-state index contributed by atoms with van der Waals surface area (Å²) in [6, 6.07) is 8.58. The lowest BCUT2D eigenvalue weighted by Gasteiger charge is -2.29. The highest BCUT2D eigenvalue weighted by molar-refractivity contribution is 5.74. The van der Waals surface area contributed by atoms with Gasteiger partial charge in [-0.05, 0) is 30.7 Å². The van der Waals surface area contributed by atoms with E-state index in [9.17, 15) is 9.90 Å². The number of aliphatic hydroxyl groups excluding tert-OH is 1. The number of piperidine rings is 1. The number of amides is 2. The summed E-state index contributed by atoms with van der Waals surface area (Å²) in [4.78, 5) is 11.7. The van der Waals surface area contributed by atoms with Crippen LogP contribution < -0.4 is 16.0 Å². The van der Waals surface area contributed by atoms with Crippen LogP contribution in [0.4, 0.5) is 4.79 Å². The molecule has 0 saturated carbocycles. The molecule has 6 nitrogen and oxygen atoms in total. The largest absolute Gasteiger partial charge is 0.390 e. The molecule has 0 bridgehead atoms. The number of benzene rings is 1. The molecule has 20 heavy (non-hydrogen) atoms. The maximum absolute atomic E-state index is 11.7. The van der Waals surface area contributed by atoms with Gasteiger partial charge in [0.1, 0.15) is 0 Å². The van der Waals surface area contributed by atoms with Gasteiger partial charge >= 0.3 is 6.03 Å². The zero-order chi connectivity index (χ0) is 14.4. The summed E-state index contributed by atoms with van der Waals surface area (Å²) in [7, 11) is 0. The topological polar surface area (TPSA) is 97.2 Å². The average molecular weight is 274 g/mol. The summed E-state index contributed by atoms with van der Waals surface area (Å²) in [5.74, 6) is 0. The van der Waals surface area contributed by atoms with Crippen molar-refractivity contribution in [3.63, 3.8) is 0 Å². The van der Waals surface area contributed by atoms with E-state index in [4.69, 9.17) is 5.26 Å². The van der Waals surface area contributed by atoms with Gasteiger partial charge in [-0.15, -0.1) is 0 Å². The normalized spacial score (nSPS) is 21.8. The summed E-state index contributed by atoms with van der Waals surface area (Å²) in [6.07, 6.45) is 0.162. The van der Waals surface area contributed by atoms with Crippen LogP contribution in [0.5, 0.6) is 0 Å². The van der Waals surface area contributed by atoms with Crippen molar-refractivity contribution in [1.29, 1.82) is 5.26 Å². The predicted molar refractivity (Wildman–Crippen MR) is 73.8 cm³/mol. The molecule has 6 heteroatoms. The standard InChI is InChI=1S/C14H18N4O2/c15-7-10-1-3-11(4-2-10)8-17-14(20)18-12-5-6-16-9-13(12)19/h1-4,12-13,16,19H,5-6,8-9H2,(H2,17,18,20)/t12-,13-/m1/s1. The first-order valence-corrected chi connectivity index (χ1v) is 6.61. The minimum atomic E-state index is -0.551. The number of nitrogens with zero attached hydrogens (tertiary/aromatic N) is 1. The Balaban J connectivity index is 1.78. The molecule has 106 valence electrons. The van der Waals surface area contributed by atoms with E-state index in [0.717, 1.165) is 12.1 Å². The first kappa shape index (κ1) is 14.3. The number of hydrogen-bond acceptors (Lipinski definition) is 4. The first-order chi connectivity index (χ1) is 9.69. The molecule has 1 fully saturated rings. The maximum Gasteiger partial charge on any atom is 0.315 e. The lowest BCUT2D eigenvalue weighted by atomic mass is 10.0. The monoisotopic (exact) mass is 274 g/mol. The van der Waals surface area contributed by atoms with Crippen LogP contribution in [0.1, 0.15) is 17.5 Å². The number of carbonyl (C=O) groups excluding carboxylic acids is 1. The molecule has 1 aliphatic rings. The van der Waals surface area contributed by atoms with Crippen LogP contribution in [-0.2, 0) is 6.54 Å². The van der Waals surface area contributed by atoms with E-state index in [-0.39, 0.29) is 12.1 Å². The molecule has 0 aliphatic carbocycles. The maximum atomic E-state index is 11.7. The molecule has 2 atom stereocenters. The van der Waals surface area contributed by atoms with Crippen molar-refractivity contribution in [3.8, 4) is 6.07 Å². The van der Waals surface area contributed by atoms with E-state index in [1.165, 1.54) is 0 Å². The van der Waals surface area contributed by atoms with Gasteiger partial charge in [-0.25, -0.2) is 4.79 Å². The highest BCUT2D eigenvalue weighted by Crippen LogP contribution is 2.04. The Kier molecular flexibility index (Phi) is 4.93. The SMILES string of the molecule is N#Cc1ccc(CNC(=O)N[C@@H]2CCNC[C@H]2O)cc1. The van der Waals surface area contributed by atoms with E-state index in [2.05, 4.69) is 16.0 Å². The zero-order valence-electron chi connectivity index (χ0n) is 11.1. The molecule has 1 saturated heterocycles. The van der Waals surface area contributed by atoms with Crippen molar-refractivity contribution in [2.24, 2.45) is 0 Å². The summed E-state index contributed by atoms with van der Waals surface area (Å²) in [5, 5.41) is 27.0. The molecule has 0 unspecified atom stereocenters. The fourth-order valence-electron chi connectivity index (χ4n) is 2.11. The quantitative estimate of drug-likeness (QED) is 0.627. The second-order valence-electron chi connectivity index (χ2n) is 4.80. The molecule has 0 aromatic heterocycles. The summed E-state index contributed by atoms with van der Waals surface area (Å²) >= 11 is 0. The van der Waals surface area contributed by atoms with E-state index in [1.807, 2.05) is 6.07 Å². The van der Waals surface area contributed by atoms with E-state index < -0.39 is 6.10 Å². The van der Waals surface area contributed by atoms with Crippen LogP contribution in [0.2, 0.25) is 0 Å². The predicted octanol–water partition coefficient (Wildman–Crippen LogP) is 0.0803. The van der Waals surface area contributed by atoms with Crippen molar-refractivity contribution in [3.05, 3.63) is 35.4 Å². The van der Waals surface area contributed by atoms with E-state index in [1.54, 1.807) is 24.3 Å². The molecule has 0 spiro atoms. The van der Waals surface area contributed by atoms with E-state index in [0.29, 0.717) is 25.1 Å². The van der Waals surface area contributed by atoms with Gasteiger partial charge < -0.3 is 21.1 Å². The number of nitrogens with one attached hydrogen (secondary N) is 3. The van der Waals surface area contributed by atoms with Crippen molar-refractivity contribution in [2.45, 2.75) is 25.1 Å². The third-order valence-electron chi connectivity index (χ3n) is 3.30. The van der Waals surface area contributed by atoms with Crippen molar-refractivity contribution >= 4 is 6.03 Å². The summed E-state index contributed by atoms with van der Waals surface area (Å²) in [5.41, 5.74) is 1.51. The Hall–Kier alpha value is -2.10. The molecule has 1 aliphatic heterocycles. The fraction of sp³-hybridized carbons (Fsp3) is 0.429. The van der Waals surface area contributed by atoms with E-state index >= 15 is 0 Å². The lowest BCUT2D eigenvalue weighted by Crippen LogP contribution is -2.54. The Morgan fingerprint density at radius 3 is 2.85 bits per heavy atom. The molecule has 2 amide bonds. The Morgan fingerprint density at radius 1 is 1.45 bits per heavy atom. The van der Waals surface area contributed by atoms with Gasteiger partial charge in [-0.1, -0.05) is 12.1 Å². The number of carbonyl (C=O) groups is 1. The molecule has 0 radical (unpaired) electrons. The van der Waals surface area contributed by atoms with Crippen LogP contribution in [0.25, 0.3) is 0 Å². The fourth-order valence-corrected chi connectivity index (χ4v) is 2.11. The van der Waals surface area contributed by atoms with Gasteiger partial charge in [0.25, 0.3) is 0 Å². The minimum absolute atomic E-state index is 0.211. The molecule has 2 rings (SSSR count). The number of β-amino-alcohol motifs (C(OH)–C–C–N with tert-alkyl or cyclic N) is 1. The Bertz CT molecular complexity index is 495. The van der Waals surface area contributed by atoms with Gasteiger partial charge in [0, 0.05) is 13.1 Å². The van der Waals surface area contributed by atoms with Gasteiger partial charge in [0.2, 0.25) is 0 Å². The molecular formula is C14H18N4O2. The molecule has 1 aromatic rings. The van der Waals surface area contributed by atoms with Gasteiger partial charge in [-0.2, -0.15) is 5.26 Å². The number of nitriles is 1. The Labute approximate surface area is 117 Å². The second-order valence-corrected chi connectivity index (χ2v) is 4.80. The van der Waals surface area contributed by atoms with Gasteiger partial charge in [0.15, 0.2) is 0 Å². The lowest BCUT2D eigenvalue weighted by molar-refractivity contribution is 0.106. The van der Waals surface area contributed by atoms with Crippen LogP contribution in [0.15, 0.2) is 24.3 Å². The summed E-state index contributed by atoms with van der Waals surface area (Å²) < 4.78 is 0. The van der Waals surface area contributed by atoms with Gasteiger partial charge in [-0.3, -0.25) is 0 Å². The van der Waals surface area contributed by atoms with Gasteiger partial charge in [0.05, 0.1) is 23.8 Å². The smallest absolute Gasteiger partial charge is 0.315 e. The highest BCUT2D eigenvalue weighted by atomic mass is 16.3. The van der Waals surface area contributed by atoms with Crippen LogP contribution >= 0.6 is 0 Å². The van der Waals surface area contributed by atoms with Crippen molar-refractivity contribution < 1.29 is 9.90 Å². The number of urea groups is 1. The first-order valence-electron chi connectivity index (χ1n) is 6.61. The third-order valence-corrected chi connectivity index (χ3v) is 3.30. The molecule has 1 heterocycles. The Morgan fingerprint density at radius 2 is 2.20 bits per heavy atom. The third kappa shape index (κ3) is 3.95. The zero-order valence-corrected chi connectivity index (χ0v) is 11.1. The van der Waals surface area contributed by atoms with Crippen molar-refractivity contribution in [1.82, 2.24) is 16.0 Å². The van der Waals surface area contributed by atoms with Crippen LogP contribution in [0.3, 0.4) is 0 Å². The molecule has 1 aromatic carbocycles. The summed E-state index contributed by atoms with van der Waals surface area (Å²) in [6.45, 7) is 1.68. The average Bonchev–Trinajstić information content (AvgIpc) is 2.48. The number of aliphatic hydroxyl groups is 1. The minimum Gasteiger partial charge on any atom is -0.390 e. The van der Waals surface area contributed by atoms with Crippen molar-refractivity contribution in [2.75, 3.05) is 13.1 Å². The molecular weight excluding hydrogens is 256 g/mol. The van der Waals surface area contributed by atoms with Crippen LogP contribution in [-0.4, -0.2) is 36.4 Å². The molecule has 4 N–H and O–H groups in total. The number of hydrogen-bond donors (Lipinski definition) is 4. The number of rotatable bonds is 3. The second kappa shape index (κ2) is 6.89. The highest BCUT2D eigenvalue weighted by Gasteiger charge is 2.23.